The van der Waals surface area contributed by atoms with Crippen LogP contribution in [0.3, 0.4) is 0 Å². The summed E-state index contributed by atoms with van der Waals surface area (Å²) >= 11 is 0. The summed E-state index contributed by atoms with van der Waals surface area (Å²) in [7, 11) is -3.53. The summed E-state index contributed by atoms with van der Waals surface area (Å²) in [5.74, 6) is -0.673. The fraction of sp³-hybridized carbons (Fsp3) is 0.579. The fourth-order valence-corrected chi connectivity index (χ4v) is 4.64. The van der Waals surface area contributed by atoms with E-state index in [1.807, 2.05) is 31.2 Å². The molecular weight excluding hydrogens is 382 g/mol. The van der Waals surface area contributed by atoms with Crippen molar-refractivity contribution < 1.29 is 22.7 Å². The molecule has 2 amide bonds. The predicted octanol–water partition coefficient (Wildman–Crippen LogP) is -0.0371. The molecule has 8 nitrogen and oxygen atoms in total. The van der Waals surface area contributed by atoms with E-state index in [0.717, 1.165) is 17.4 Å². The Morgan fingerprint density at radius 1 is 1.36 bits per heavy atom. The van der Waals surface area contributed by atoms with E-state index in [0.29, 0.717) is 26.1 Å². The van der Waals surface area contributed by atoms with Crippen LogP contribution in [-0.4, -0.2) is 68.7 Å². The molecule has 0 radical (unpaired) electrons. The average molecular weight is 410 g/mol. The van der Waals surface area contributed by atoms with Gasteiger partial charge in [0.25, 0.3) is 0 Å². The van der Waals surface area contributed by atoms with Crippen LogP contribution in [0, 0.1) is 6.92 Å². The number of ether oxygens (including phenoxy) is 1. The normalized spacial score (nSPS) is 23.1. The second-order valence-corrected chi connectivity index (χ2v) is 9.71. The molecule has 2 aliphatic rings. The Kier molecular flexibility index (Phi) is 6.07. The molecule has 2 N–H and O–H groups in total. The lowest BCUT2D eigenvalue weighted by Gasteiger charge is -2.38. The number of sulfonamides is 1. The molecule has 154 valence electrons. The number of amides is 2. The highest BCUT2D eigenvalue weighted by molar-refractivity contribution is 7.88. The summed E-state index contributed by atoms with van der Waals surface area (Å²) < 4.78 is 31.2. The molecule has 0 bridgehead atoms. The summed E-state index contributed by atoms with van der Waals surface area (Å²) in [4.78, 5) is 25.3. The molecule has 28 heavy (non-hydrogen) atoms. The Labute approximate surface area is 165 Å². The van der Waals surface area contributed by atoms with Gasteiger partial charge in [-0.05, 0) is 25.3 Å². The van der Waals surface area contributed by atoms with Gasteiger partial charge in [0.2, 0.25) is 21.8 Å². The van der Waals surface area contributed by atoms with Gasteiger partial charge in [-0.15, -0.1) is 0 Å². The lowest BCUT2D eigenvalue weighted by Crippen LogP contribution is -2.58. The summed E-state index contributed by atoms with van der Waals surface area (Å²) in [5, 5.41) is 5.70. The third-order valence-electron chi connectivity index (χ3n) is 5.27. The van der Waals surface area contributed by atoms with E-state index < -0.39 is 21.6 Å². The smallest absolute Gasteiger partial charge is 0.244 e. The Bertz CT molecular complexity index is 849. The molecule has 1 spiro atoms. The standard InChI is InChI=1S/C19H27N3O5S/c1-14-4-3-5-15(10-14)11-17(23)20-16-12-22(28(2,25)26)13-19(21-18(16)24)6-8-27-9-7-19/h3-5,10,16H,6-9,11-13H2,1-2H3,(H,20,23)(H,21,24). The van der Waals surface area contributed by atoms with Gasteiger partial charge < -0.3 is 15.4 Å². The van der Waals surface area contributed by atoms with Crippen molar-refractivity contribution in [3.05, 3.63) is 35.4 Å². The maximum Gasteiger partial charge on any atom is 0.244 e. The second kappa shape index (κ2) is 8.18. The zero-order valence-corrected chi connectivity index (χ0v) is 17.0. The van der Waals surface area contributed by atoms with Crippen LogP contribution in [-0.2, 0) is 30.8 Å². The highest BCUT2D eigenvalue weighted by Crippen LogP contribution is 2.25. The molecule has 0 aromatic heterocycles. The molecule has 3 rings (SSSR count). The molecule has 2 heterocycles. The zero-order chi connectivity index (χ0) is 20.4. The van der Waals surface area contributed by atoms with E-state index in [2.05, 4.69) is 10.6 Å². The van der Waals surface area contributed by atoms with E-state index in [4.69, 9.17) is 4.74 Å². The largest absolute Gasteiger partial charge is 0.381 e. The van der Waals surface area contributed by atoms with Gasteiger partial charge in [-0.25, -0.2) is 8.42 Å². The summed E-state index contributed by atoms with van der Waals surface area (Å²) in [6.45, 7) is 2.97. The van der Waals surface area contributed by atoms with Crippen LogP contribution in [0.2, 0.25) is 0 Å². The third kappa shape index (κ3) is 5.09. The number of hydrogen-bond donors (Lipinski definition) is 2. The third-order valence-corrected chi connectivity index (χ3v) is 6.49. The molecule has 1 unspecified atom stereocenters. The molecule has 0 aliphatic carbocycles. The number of nitrogens with zero attached hydrogens (tertiary/aromatic N) is 1. The predicted molar refractivity (Wildman–Crippen MR) is 104 cm³/mol. The molecule has 2 aliphatic heterocycles. The first-order valence-corrected chi connectivity index (χ1v) is 11.2. The van der Waals surface area contributed by atoms with Crippen LogP contribution in [0.25, 0.3) is 0 Å². The van der Waals surface area contributed by atoms with Crippen molar-refractivity contribution in [1.82, 2.24) is 14.9 Å². The van der Waals surface area contributed by atoms with Gasteiger partial charge in [-0.1, -0.05) is 29.8 Å². The van der Waals surface area contributed by atoms with Crippen LogP contribution in [0.5, 0.6) is 0 Å². The van der Waals surface area contributed by atoms with Gasteiger partial charge in [0.05, 0.1) is 18.2 Å². The Hall–Kier alpha value is -1.97. The van der Waals surface area contributed by atoms with Crippen LogP contribution >= 0.6 is 0 Å². The highest BCUT2D eigenvalue weighted by atomic mass is 32.2. The Morgan fingerprint density at radius 3 is 2.71 bits per heavy atom. The Morgan fingerprint density at radius 2 is 2.07 bits per heavy atom. The van der Waals surface area contributed by atoms with Crippen molar-refractivity contribution in [2.75, 3.05) is 32.6 Å². The lowest BCUT2D eigenvalue weighted by molar-refractivity contribution is -0.129. The molecular formula is C19H27N3O5S. The maximum atomic E-state index is 12.8. The van der Waals surface area contributed by atoms with Crippen molar-refractivity contribution in [1.29, 1.82) is 0 Å². The van der Waals surface area contributed by atoms with Crippen LogP contribution < -0.4 is 10.6 Å². The second-order valence-electron chi connectivity index (χ2n) is 7.72. The molecule has 9 heteroatoms. The minimum atomic E-state index is -3.53. The van der Waals surface area contributed by atoms with Crippen molar-refractivity contribution in [3.8, 4) is 0 Å². The summed E-state index contributed by atoms with van der Waals surface area (Å²) in [6.07, 6.45) is 2.33. The van der Waals surface area contributed by atoms with E-state index in [9.17, 15) is 18.0 Å². The quantitative estimate of drug-likeness (QED) is 0.726. The van der Waals surface area contributed by atoms with Crippen LogP contribution in [0.15, 0.2) is 24.3 Å². The van der Waals surface area contributed by atoms with E-state index in [1.165, 1.54) is 4.31 Å². The highest BCUT2D eigenvalue weighted by Gasteiger charge is 2.43. The SMILES string of the molecule is Cc1cccc(CC(=O)NC2CN(S(C)(=O)=O)CC3(CCOCC3)NC2=O)c1. The average Bonchev–Trinajstić information content (AvgIpc) is 2.72. The first-order chi connectivity index (χ1) is 13.2. The minimum absolute atomic E-state index is 0.0766. The zero-order valence-electron chi connectivity index (χ0n) is 16.2. The minimum Gasteiger partial charge on any atom is -0.381 e. The molecule has 1 aromatic rings. The Balaban J connectivity index is 1.76. The van der Waals surface area contributed by atoms with Gasteiger partial charge in [-0.2, -0.15) is 4.31 Å². The van der Waals surface area contributed by atoms with E-state index in [-0.39, 0.29) is 31.3 Å². The fourth-order valence-electron chi connectivity index (χ4n) is 3.74. The number of nitrogens with one attached hydrogen (secondary N) is 2. The first kappa shape index (κ1) is 20.8. The van der Waals surface area contributed by atoms with E-state index in [1.54, 1.807) is 0 Å². The van der Waals surface area contributed by atoms with Gasteiger partial charge in [0.15, 0.2) is 0 Å². The van der Waals surface area contributed by atoms with E-state index >= 15 is 0 Å². The first-order valence-electron chi connectivity index (χ1n) is 9.37. The molecule has 2 fully saturated rings. The van der Waals surface area contributed by atoms with Gasteiger partial charge in [0, 0.05) is 26.3 Å². The maximum absolute atomic E-state index is 12.8. The monoisotopic (exact) mass is 409 g/mol. The molecule has 2 saturated heterocycles. The lowest BCUT2D eigenvalue weighted by atomic mass is 9.90. The number of carbonyl (C=O) groups excluding carboxylic acids is 2. The number of benzene rings is 1. The molecule has 0 saturated carbocycles. The number of hydrogen-bond acceptors (Lipinski definition) is 5. The number of aryl methyl sites for hydroxylation is 1. The summed E-state index contributed by atoms with van der Waals surface area (Å²) in [6, 6.07) is 6.63. The van der Waals surface area contributed by atoms with Crippen molar-refractivity contribution in [2.45, 2.75) is 37.8 Å². The topological polar surface area (TPSA) is 105 Å². The van der Waals surface area contributed by atoms with Gasteiger partial charge >= 0.3 is 0 Å². The molecule has 1 atom stereocenters. The van der Waals surface area contributed by atoms with Gasteiger partial charge in [-0.3, -0.25) is 9.59 Å². The van der Waals surface area contributed by atoms with Crippen LogP contribution in [0.4, 0.5) is 0 Å². The van der Waals surface area contributed by atoms with Crippen molar-refractivity contribution in [2.24, 2.45) is 0 Å². The molecule has 1 aromatic carbocycles. The van der Waals surface area contributed by atoms with Crippen molar-refractivity contribution in [3.63, 3.8) is 0 Å². The summed E-state index contributed by atoms with van der Waals surface area (Å²) in [5.41, 5.74) is 1.23. The number of rotatable bonds is 4. The number of carbonyl (C=O) groups is 2. The van der Waals surface area contributed by atoms with Gasteiger partial charge in [0.1, 0.15) is 6.04 Å². The van der Waals surface area contributed by atoms with Crippen LogP contribution in [0.1, 0.15) is 24.0 Å². The van der Waals surface area contributed by atoms with Crippen molar-refractivity contribution >= 4 is 21.8 Å².